The SMILES string of the molecule is CNC(=O)c1cc(SC(C)CCO)ccn1. The highest BCUT2D eigenvalue weighted by atomic mass is 32.2. The number of hydrogen-bond acceptors (Lipinski definition) is 4. The lowest BCUT2D eigenvalue weighted by Gasteiger charge is -2.09. The number of thioether (sulfide) groups is 1. The fourth-order valence-corrected chi connectivity index (χ4v) is 2.22. The van der Waals surface area contributed by atoms with Crippen molar-refractivity contribution in [2.75, 3.05) is 13.7 Å². The summed E-state index contributed by atoms with van der Waals surface area (Å²) < 4.78 is 0. The van der Waals surface area contributed by atoms with Crippen LogP contribution in [0.2, 0.25) is 0 Å². The molecule has 1 aromatic rings. The molecule has 1 amide bonds. The van der Waals surface area contributed by atoms with Gasteiger partial charge in [0.1, 0.15) is 5.69 Å². The normalized spacial score (nSPS) is 12.2. The predicted molar refractivity (Wildman–Crippen MR) is 64.6 cm³/mol. The van der Waals surface area contributed by atoms with E-state index in [0.717, 1.165) is 11.3 Å². The second-order valence-corrected chi connectivity index (χ2v) is 4.91. The topological polar surface area (TPSA) is 62.2 Å². The number of carbonyl (C=O) groups is 1. The quantitative estimate of drug-likeness (QED) is 0.762. The predicted octanol–water partition coefficient (Wildman–Crippen LogP) is 1.30. The highest BCUT2D eigenvalue weighted by Gasteiger charge is 2.08. The Morgan fingerprint density at radius 1 is 1.69 bits per heavy atom. The maximum atomic E-state index is 11.4. The molecule has 2 N–H and O–H groups in total. The van der Waals surface area contributed by atoms with Crippen LogP contribution in [-0.2, 0) is 0 Å². The number of rotatable bonds is 5. The van der Waals surface area contributed by atoms with Gasteiger partial charge in [-0.15, -0.1) is 11.8 Å². The van der Waals surface area contributed by atoms with Gasteiger partial charge in [-0.3, -0.25) is 9.78 Å². The first-order valence-electron chi connectivity index (χ1n) is 5.13. The lowest BCUT2D eigenvalue weighted by molar-refractivity contribution is 0.0958. The number of aliphatic hydroxyl groups is 1. The van der Waals surface area contributed by atoms with Gasteiger partial charge in [0, 0.05) is 30.0 Å². The molecule has 5 heteroatoms. The van der Waals surface area contributed by atoms with E-state index in [9.17, 15) is 4.79 Å². The molecule has 1 heterocycles. The van der Waals surface area contributed by atoms with E-state index >= 15 is 0 Å². The molecule has 0 spiro atoms. The van der Waals surface area contributed by atoms with Crippen molar-refractivity contribution < 1.29 is 9.90 Å². The molecule has 0 aliphatic heterocycles. The van der Waals surface area contributed by atoms with Crippen molar-refractivity contribution in [3.05, 3.63) is 24.0 Å². The van der Waals surface area contributed by atoms with E-state index in [4.69, 9.17) is 5.11 Å². The van der Waals surface area contributed by atoms with Crippen molar-refractivity contribution >= 4 is 17.7 Å². The second-order valence-electron chi connectivity index (χ2n) is 3.40. The minimum absolute atomic E-state index is 0.182. The Morgan fingerprint density at radius 2 is 2.44 bits per heavy atom. The lowest BCUT2D eigenvalue weighted by atomic mass is 10.3. The minimum Gasteiger partial charge on any atom is -0.396 e. The molecule has 0 bridgehead atoms. The molecule has 1 aromatic heterocycles. The summed E-state index contributed by atoms with van der Waals surface area (Å²) in [6.07, 6.45) is 2.36. The lowest BCUT2D eigenvalue weighted by Crippen LogP contribution is -2.19. The van der Waals surface area contributed by atoms with Crippen LogP contribution < -0.4 is 5.32 Å². The van der Waals surface area contributed by atoms with Crippen molar-refractivity contribution in [2.24, 2.45) is 0 Å². The summed E-state index contributed by atoms with van der Waals surface area (Å²) in [4.78, 5) is 16.3. The molecule has 88 valence electrons. The monoisotopic (exact) mass is 240 g/mol. The zero-order chi connectivity index (χ0) is 12.0. The van der Waals surface area contributed by atoms with Crippen LogP contribution in [-0.4, -0.2) is 34.9 Å². The molecule has 0 radical (unpaired) electrons. The Hall–Kier alpha value is -1.07. The molecule has 16 heavy (non-hydrogen) atoms. The van der Waals surface area contributed by atoms with Crippen LogP contribution in [0.5, 0.6) is 0 Å². The number of pyridine rings is 1. The molecule has 1 unspecified atom stereocenters. The van der Waals surface area contributed by atoms with Gasteiger partial charge >= 0.3 is 0 Å². The number of carbonyl (C=O) groups excluding carboxylic acids is 1. The molecule has 0 aromatic carbocycles. The first-order valence-corrected chi connectivity index (χ1v) is 6.01. The van der Waals surface area contributed by atoms with Crippen LogP contribution in [0, 0.1) is 0 Å². The molecule has 0 aliphatic carbocycles. The summed E-state index contributed by atoms with van der Waals surface area (Å²) in [5.41, 5.74) is 0.420. The summed E-state index contributed by atoms with van der Waals surface area (Å²) >= 11 is 1.63. The third-order valence-electron chi connectivity index (χ3n) is 2.06. The molecule has 4 nitrogen and oxygen atoms in total. The van der Waals surface area contributed by atoms with Crippen molar-refractivity contribution in [3.63, 3.8) is 0 Å². The number of nitrogens with zero attached hydrogens (tertiary/aromatic N) is 1. The average molecular weight is 240 g/mol. The number of aromatic nitrogens is 1. The summed E-state index contributed by atoms with van der Waals surface area (Å²) in [6, 6.07) is 3.63. The van der Waals surface area contributed by atoms with E-state index in [0.29, 0.717) is 10.9 Å². The highest BCUT2D eigenvalue weighted by Crippen LogP contribution is 2.24. The molecule has 1 atom stereocenters. The fraction of sp³-hybridized carbons (Fsp3) is 0.455. The van der Waals surface area contributed by atoms with Gasteiger partial charge < -0.3 is 10.4 Å². The Kier molecular flexibility index (Phi) is 5.28. The van der Waals surface area contributed by atoms with Crippen LogP contribution in [0.15, 0.2) is 23.2 Å². The molecule has 1 rings (SSSR count). The summed E-state index contributed by atoms with van der Waals surface area (Å²) in [6.45, 7) is 2.22. The number of aliphatic hydroxyl groups excluding tert-OH is 1. The number of nitrogens with one attached hydrogen (secondary N) is 1. The van der Waals surface area contributed by atoms with Gasteiger partial charge in [-0.1, -0.05) is 6.92 Å². The van der Waals surface area contributed by atoms with E-state index in [-0.39, 0.29) is 12.5 Å². The third-order valence-corrected chi connectivity index (χ3v) is 3.23. The van der Waals surface area contributed by atoms with Crippen molar-refractivity contribution in [1.29, 1.82) is 0 Å². The van der Waals surface area contributed by atoms with Crippen LogP contribution >= 0.6 is 11.8 Å². The zero-order valence-electron chi connectivity index (χ0n) is 9.43. The Bertz CT molecular complexity index is 358. The summed E-state index contributed by atoms with van der Waals surface area (Å²) in [5, 5.41) is 11.7. The van der Waals surface area contributed by atoms with Crippen LogP contribution in [0.1, 0.15) is 23.8 Å². The second kappa shape index (κ2) is 6.50. The van der Waals surface area contributed by atoms with Crippen molar-refractivity contribution in [2.45, 2.75) is 23.5 Å². The molecular formula is C11H16N2O2S. The standard InChI is InChI=1S/C11H16N2O2S/c1-8(4-6-14)16-9-3-5-13-10(7-9)11(15)12-2/h3,5,7-8,14H,4,6H2,1-2H3,(H,12,15). The molecule has 0 fully saturated rings. The fourth-order valence-electron chi connectivity index (χ4n) is 1.21. The Morgan fingerprint density at radius 3 is 3.06 bits per heavy atom. The van der Waals surface area contributed by atoms with Crippen LogP contribution in [0.4, 0.5) is 0 Å². The van der Waals surface area contributed by atoms with Gasteiger partial charge in [0.15, 0.2) is 0 Å². The summed E-state index contributed by atoms with van der Waals surface area (Å²) in [5.74, 6) is -0.183. The number of amides is 1. The van der Waals surface area contributed by atoms with E-state index in [1.165, 1.54) is 0 Å². The Balaban J connectivity index is 2.70. The number of hydrogen-bond donors (Lipinski definition) is 2. The molecule has 0 aliphatic rings. The van der Waals surface area contributed by atoms with Crippen LogP contribution in [0.3, 0.4) is 0 Å². The van der Waals surface area contributed by atoms with E-state index in [2.05, 4.69) is 10.3 Å². The molecule has 0 saturated heterocycles. The van der Waals surface area contributed by atoms with Crippen molar-refractivity contribution in [1.82, 2.24) is 10.3 Å². The smallest absolute Gasteiger partial charge is 0.269 e. The van der Waals surface area contributed by atoms with E-state index in [1.807, 2.05) is 13.0 Å². The Labute approximate surface area is 99.5 Å². The highest BCUT2D eigenvalue weighted by molar-refractivity contribution is 7.99. The van der Waals surface area contributed by atoms with Gasteiger partial charge in [0.25, 0.3) is 5.91 Å². The van der Waals surface area contributed by atoms with Crippen LogP contribution in [0.25, 0.3) is 0 Å². The molecule has 0 saturated carbocycles. The maximum absolute atomic E-state index is 11.4. The third kappa shape index (κ3) is 3.83. The minimum atomic E-state index is -0.183. The van der Waals surface area contributed by atoms with E-state index in [1.54, 1.807) is 31.1 Å². The van der Waals surface area contributed by atoms with Gasteiger partial charge in [0.2, 0.25) is 0 Å². The first kappa shape index (κ1) is 13.0. The zero-order valence-corrected chi connectivity index (χ0v) is 10.3. The van der Waals surface area contributed by atoms with Gasteiger partial charge in [0.05, 0.1) is 0 Å². The largest absolute Gasteiger partial charge is 0.396 e. The van der Waals surface area contributed by atoms with E-state index < -0.39 is 0 Å². The van der Waals surface area contributed by atoms with Gasteiger partial charge in [-0.05, 0) is 18.6 Å². The first-order chi connectivity index (χ1) is 7.67. The van der Waals surface area contributed by atoms with Gasteiger partial charge in [-0.25, -0.2) is 0 Å². The molecular weight excluding hydrogens is 224 g/mol. The van der Waals surface area contributed by atoms with Gasteiger partial charge in [-0.2, -0.15) is 0 Å². The maximum Gasteiger partial charge on any atom is 0.269 e. The summed E-state index contributed by atoms with van der Waals surface area (Å²) in [7, 11) is 1.58. The van der Waals surface area contributed by atoms with Crippen molar-refractivity contribution in [3.8, 4) is 0 Å². The average Bonchev–Trinajstić information content (AvgIpc) is 2.28.